The zero-order valence-corrected chi connectivity index (χ0v) is 11.7. The van der Waals surface area contributed by atoms with E-state index >= 15 is 0 Å². The van der Waals surface area contributed by atoms with Gasteiger partial charge in [0.05, 0.1) is 24.3 Å². The van der Waals surface area contributed by atoms with Crippen molar-refractivity contribution in [2.24, 2.45) is 0 Å². The van der Waals surface area contributed by atoms with E-state index in [1.165, 1.54) is 6.20 Å². The lowest BCUT2D eigenvalue weighted by Crippen LogP contribution is -2.45. The molecule has 1 heterocycles. The third-order valence-corrected chi connectivity index (χ3v) is 3.26. The smallest absolute Gasteiger partial charge is 0.394 e. The molecule has 0 spiro atoms. The molecule has 8 heteroatoms. The summed E-state index contributed by atoms with van der Waals surface area (Å²) >= 11 is 2.93. The van der Waals surface area contributed by atoms with Crippen molar-refractivity contribution in [3.8, 4) is 0 Å². The molecule has 1 rings (SSSR count). The van der Waals surface area contributed by atoms with Crippen molar-refractivity contribution >= 4 is 21.7 Å². The number of alkyl halides is 3. The highest BCUT2D eigenvalue weighted by molar-refractivity contribution is 9.10. The van der Waals surface area contributed by atoms with Gasteiger partial charge in [-0.05, 0) is 28.4 Å². The number of hydrogen-bond acceptors (Lipinski definition) is 4. The van der Waals surface area contributed by atoms with Gasteiger partial charge in [-0.25, -0.2) is 4.98 Å². The van der Waals surface area contributed by atoms with E-state index in [0.29, 0.717) is 0 Å². The Balaban J connectivity index is 3.21. The summed E-state index contributed by atoms with van der Waals surface area (Å²) in [7, 11) is 0. The predicted octanol–water partition coefficient (Wildman–Crippen LogP) is 2.41. The van der Waals surface area contributed by atoms with Gasteiger partial charge in [0.25, 0.3) is 0 Å². The fourth-order valence-electron chi connectivity index (χ4n) is 1.45. The fraction of sp³-hybridized carbons (Fsp3) is 0.545. The second kappa shape index (κ2) is 6.06. The Kier molecular flexibility index (Phi) is 5.17. The topological polar surface area (TPSA) is 65.4 Å². The van der Waals surface area contributed by atoms with Crippen molar-refractivity contribution in [2.45, 2.75) is 25.1 Å². The van der Waals surface area contributed by atoms with Crippen LogP contribution in [-0.4, -0.2) is 33.9 Å². The Morgan fingerprint density at radius 3 is 2.32 bits per heavy atom. The number of aliphatic hydroxyl groups is 2. The van der Waals surface area contributed by atoms with Crippen molar-refractivity contribution in [3.05, 3.63) is 22.3 Å². The van der Waals surface area contributed by atoms with E-state index in [0.717, 1.165) is 6.07 Å². The second-order valence-corrected chi connectivity index (χ2v) is 5.04. The summed E-state index contributed by atoms with van der Waals surface area (Å²) in [5.41, 5.74) is -2.19. The number of hydrogen-bond donors (Lipinski definition) is 3. The number of anilines is 1. The third-order valence-electron chi connectivity index (χ3n) is 2.83. The Labute approximate surface area is 116 Å². The molecule has 108 valence electrons. The average molecular weight is 343 g/mol. The summed E-state index contributed by atoms with van der Waals surface area (Å²) < 4.78 is 38.9. The van der Waals surface area contributed by atoms with Crippen LogP contribution in [0.5, 0.6) is 0 Å². The molecule has 0 aromatic carbocycles. The maximum Gasteiger partial charge on any atom is 0.419 e. The van der Waals surface area contributed by atoms with E-state index in [1.54, 1.807) is 6.92 Å². The molecule has 0 aliphatic heterocycles. The Morgan fingerprint density at radius 1 is 1.32 bits per heavy atom. The van der Waals surface area contributed by atoms with Crippen LogP contribution in [0.4, 0.5) is 19.0 Å². The molecular weight excluding hydrogens is 329 g/mol. The lowest BCUT2D eigenvalue weighted by molar-refractivity contribution is -0.137. The number of nitrogens with zero attached hydrogens (tertiary/aromatic N) is 1. The van der Waals surface area contributed by atoms with E-state index < -0.39 is 36.3 Å². The summed E-state index contributed by atoms with van der Waals surface area (Å²) in [4.78, 5) is 3.67. The molecule has 0 amide bonds. The van der Waals surface area contributed by atoms with Gasteiger partial charge in [-0.1, -0.05) is 6.92 Å². The molecule has 0 saturated carbocycles. The lowest BCUT2D eigenvalue weighted by atomic mass is 9.98. The SMILES string of the molecule is CCC(CO)(CO)Nc1ncc(Br)cc1C(F)(F)F. The van der Waals surface area contributed by atoms with Crippen molar-refractivity contribution in [1.82, 2.24) is 4.98 Å². The first-order chi connectivity index (χ1) is 8.78. The van der Waals surface area contributed by atoms with Gasteiger partial charge in [0, 0.05) is 10.7 Å². The van der Waals surface area contributed by atoms with Crippen LogP contribution in [0, 0.1) is 0 Å². The first kappa shape index (κ1) is 16.2. The zero-order valence-electron chi connectivity index (χ0n) is 10.1. The summed E-state index contributed by atoms with van der Waals surface area (Å²) in [6, 6.07) is 0.893. The zero-order chi connectivity index (χ0) is 14.7. The highest BCUT2D eigenvalue weighted by atomic mass is 79.9. The lowest BCUT2D eigenvalue weighted by Gasteiger charge is -2.31. The Bertz CT molecular complexity index is 428. The van der Waals surface area contributed by atoms with E-state index in [4.69, 9.17) is 0 Å². The first-order valence-corrected chi connectivity index (χ1v) is 6.30. The molecule has 3 N–H and O–H groups in total. The second-order valence-electron chi connectivity index (χ2n) is 4.12. The van der Waals surface area contributed by atoms with Gasteiger partial charge in [-0.2, -0.15) is 13.2 Å². The molecule has 4 nitrogen and oxygen atoms in total. The van der Waals surface area contributed by atoms with Crippen LogP contribution in [-0.2, 0) is 6.18 Å². The standard InChI is InChI=1S/C11H14BrF3N2O2/c1-2-10(5-18,6-19)17-9-8(11(13,14)15)3-7(12)4-16-9/h3-4,18-19H,2,5-6H2,1H3,(H,16,17). The molecule has 19 heavy (non-hydrogen) atoms. The van der Waals surface area contributed by atoms with Gasteiger partial charge in [-0.15, -0.1) is 0 Å². The van der Waals surface area contributed by atoms with Crippen molar-refractivity contribution in [2.75, 3.05) is 18.5 Å². The number of aliphatic hydroxyl groups excluding tert-OH is 2. The Morgan fingerprint density at radius 2 is 1.89 bits per heavy atom. The van der Waals surface area contributed by atoms with Crippen molar-refractivity contribution in [3.63, 3.8) is 0 Å². The van der Waals surface area contributed by atoms with Gasteiger partial charge in [0.1, 0.15) is 5.82 Å². The number of pyridine rings is 1. The minimum atomic E-state index is -4.58. The highest BCUT2D eigenvalue weighted by Crippen LogP contribution is 2.36. The monoisotopic (exact) mass is 342 g/mol. The van der Waals surface area contributed by atoms with E-state index in [1.807, 2.05) is 0 Å². The van der Waals surface area contributed by atoms with Gasteiger partial charge in [-0.3, -0.25) is 0 Å². The molecule has 0 aliphatic rings. The number of rotatable bonds is 5. The number of aromatic nitrogens is 1. The van der Waals surface area contributed by atoms with Crippen LogP contribution in [0.25, 0.3) is 0 Å². The van der Waals surface area contributed by atoms with E-state index in [9.17, 15) is 23.4 Å². The van der Waals surface area contributed by atoms with Crippen LogP contribution >= 0.6 is 15.9 Å². The summed E-state index contributed by atoms with van der Waals surface area (Å²) in [6.45, 7) is 0.635. The van der Waals surface area contributed by atoms with Gasteiger partial charge in [0.2, 0.25) is 0 Å². The molecule has 1 aromatic heterocycles. The number of halogens is 4. The third kappa shape index (κ3) is 3.80. The minimum absolute atomic E-state index is 0.195. The molecule has 0 unspecified atom stereocenters. The molecule has 0 fully saturated rings. The molecular formula is C11H14BrF3N2O2. The molecule has 0 radical (unpaired) electrons. The van der Waals surface area contributed by atoms with Gasteiger partial charge in [0.15, 0.2) is 0 Å². The van der Waals surface area contributed by atoms with Crippen molar-refractivity contribution < 1.29 is 23.4 Å². The van der Waals surface area contributed by atoms with Gasteiger partial charge < -0.3 is 15.5 Å². The van der Waals surface area contributed by atoms with Crippen LogP contribution < -0.4 is 5.32 Å². The predicted molar refractivity (Wildman–Crippen MR) is 67.8 cm³/mol. The summed E-state index contributed by atoms with van der Waals surface area (Å²) in [5, 5.41) is 21.0. The molecule has 1 aromatic rings. The fourth-order valence-corrected chi connectivity index (χ4v) is 1.78. The molecule has 0 bridgehead atoms. The highest BCUT2D eigenvalue weighted by Gasteiger charge is 2.37. The van der Waals surface area contributed by atoms with Gasteiger partial charge >= 0.3 is 6.18 Å². The molecule has 0 saturated heterocycles. The van der Waals surface area contributed by atoms with Crippen LogP contribution in [0.1, 0.15) is 18.9 Å². The normalized spacial score (nSPS) is 12.6. The van der Waals surface area contributed by atoms with E-state index in [2.05, 4.69) is 26.2 Å². The summed E-state index contributed by atoms with van der Waals surface area (Å²) in [5.74, 6) is -0.416. The van der Waals surface area contributed by atoms with E-state index in [-0.39, 0.29) is 10.9 Å². The molecule has 0 atom stereocenters. The Hall–Kier alpha value is -0.860. The minimum Gasteiger partial charge on any atom is -0.394 e. The van der Waals surface area contributed by atoms with Crippen LogP contribution in [0.3, 0.4) is 0 Å². The number of nitrogens with one attached hydrogen (secondary N) is 1. The van der Waals surface area contributed by atoms with Crippen LogP contribution in [0.2, 0.25) is 0 Å². The average Bonchev–Trinajstić information content (AvgIpc) is 2.37. The molecule has 0 aliphatic carbocycles. The quantitative estimate of drug-likeness (QED) is 0.768. The largest absolute Gasteiger partial charge is 0.419 e. The first-order valence-electron chi connectivity index (χ1n) is 5.50. The maximum absolute atomic E-state index is 12.9. The van der Waals surface area contributed by atoms with Crippen LogP contribution in [0.15, 0.2) is 16.7 Å². The summed E-state index contributed by atoms with van der Waals surface area (Å²) in [6.07, 6.45) is -3.12. The van der Waals surface area contributed by atoms with Crippen molar-refractivity contribution in [1.29, 1.82) is 0 Å². The maximum atomic E-state index is 12.9.